The molecule has 0 fully saturated rings. The predicted octanol–water partition coefficient (Wildman–Crippen LogP) is 3.62. The molecule has 0 radical (unpaired) electrons. The van der Waals surface area contributed by atoms with Gasteiger partial charge in [0, 0.05) is 11.1 Å². The fourth-order valence-corrected chi connectivity index (χ4v) is 2.72. The summed E-state index contributed by atoms with van der Waals surface area (Å²) in [6, 6.07) is 7.58. The third-order valence-electron chi connectivity index (χ3n) is 3.77. The summed E-state index contributed by atoms with van der Waals surface area (Å²) < 4.78 is 1.63. The van der Waals surface area contributed by atoms with Crippen molar-refractivity contribution in [3.63, 3.8) is 0 Å². The molecule has 0 aliphatic heterocycles. The second-order valence-electron chi connectivity index (χ2n) is 6.50. The van der Waals surface area contributed by atoms with Gasteiger partial charge in [-0.3, -0.25) is 5.10 Å². The second-order valence-corrected chi connectivity index (χ2v) is 6.91. The standard InChI is InChI=1S/C16H15ClN6/c1-16(2,3)12-7-11(20-21-12)14-19-15-13-9(17)5-4-6-10(13)18-8-23(15)22-14/h4-8H,1-3H3,(H,20,21). The number of benzene rings is 1. The van der Waals surface area contributed by atoms with Crippen LogP contribution in [0.4, 0.5) is 0 Å². The van der Waals surface area contributed by atoms with Gasteiger partial charge in [-0.05, 0) is 18.2 Å². The highest BCUT2D eigenvalue weighted by atomic mass is 35.5. The van der Waals surface area contributed by atoms with E-state index >= 15 is 0 Å². The van der Waals surface area contributed by atoms with E-state index in [1.54, 1.807) is 10.8 Å². The lowest BCUT2D eigenvalue weighted by molar-refractivity contribution is 0.567. The first-order chi connectivity index (χ1) is 10.9. The van der Waals surface area contributed by atoms with Crippen LogP contribution in [0.5, 0.6) is 0 Å². The van der Waals surface area contributed by atoms with Crippen LogP contribution in [-0.4, -0.2) is 29.8 Å². The van der Waals surface area contributed by atoms with Gasteiger partial charge in [0.2, 0.25) is 5.82 Å². The molecule has 0 atom stereocenters. The first-order valence-electron chi connectivity index (χ1n) is 7.29. The maximum Gasteiger partial charge on any atom is 0.202 e. The molecule has 0 bridgehead atoms. The summed E-state index contributed by atoms with van der Waals surface area (Å²) in [5.41, 5.74) is 3.20. The van der Waals surface area contributed by atoms with Gasteiger partial charge < -0.3 is 0 Å². The molecular formula is C16H15ClN6. The molecule has 23 heavy (non-hydrogen) atoms. The molecule has 0 saturated heterocycles. The molecule has 4 rings (SSSR count). The van der Waals surface area contributed by atoms with Crippen LogP contribution < -0.4 is 0 Å². The van der Waals surface area contributed by atoms with Crippen LogP contribution in [0.1, 0.15) is 26.5 Å². The number of hydrogen-bond acceptors (Lipinski definition) is 4. The minimum absolute atomic E-state index is 0.0119. The Bertz CT molecular complexity index is 1020. The van der Waals surface area contributed by atoms with E-state index in [9.17, 15) is 0 Å². The Morgan fingerprint density at radius 3 is 2.78 bits per heavy atom. The van der Waals surface area contributed by atoms with E-state index in [-0.39, 0.29) is 5.41 Å². The fraction of sp³-hybridized carbons (Fsp3) is 0.250. The Balaban J connectivity index is 1.92. The van der Waals surface area contributed by atoms with Crippen molar-refractivity contribution in [2.24, 2.45) is 0 Å². The van der Waals surface area contributed by atoms with Crippen molar-refractivity contribution in [1.29, 1.82) is 0 Å². The van der Waals surface area contributed by atoms with Gasteiger partial charge in [-0.1, -0.05) is 38.4 Å². The number of nitrogens with one attached hydrogen (secondary N) is 1. The van der Waals surface area contributed by atoms with Crippen molar-refractivity contribution in [3.8, 4) is 11.5 Å². The number of fused-ring (bicyclic) bond motifs is 3. The number of rotatable bonds is 1. The van der Waals surface area contributed by atoms with Crippen LogP contribution in [-0.2, 0) is 5.41 Å². The van der Waals surface area contributed by atoms with Crippen LogP contribution in [0.3, 0.4) is 0 Å². The smallest absolute Gasteiger partial charge is 0.202 e. The van der Waals surface area contributed by atoms with E-state index in [2.05, 4.69) is 46.0 Å². The maximum absolute atomic E-state index is 6.31. The number of H-pyrrole nitrogens is 1. The molecule has 0 spiro atoms. The van der Waals surface area contributed by atoms with E-state index in [1.165, 1.54) is 0 Å². The van der Waals surface area contributed by atoms with Gasteiger partial charge in [-0.25, -0.2) is 14.5 Å². The molecule has 0 amide bonds. The van der Waals surface area contributed by atoms with Crippen molar-refractivity contribution in [2.45, 2.75) is 26.2 Å². The normalized spacial score (nSPS) is 12.3. The van der Waals surface area contributed by atoms with Gasteiger partial charge in [0.05, 0.1) is 15.9 Å². The lowest BCUT2D eigenvalue weighted by atomic mass is 9.92. The number of halogens is 1. The number of aromatic amines is 1. The molecule has 0 unspecified atom stereocenters. The molecule has 6 nitrogen and oxygen atoms in total. The summed E-state index contributed by atoms with van der Waals surface area (Å²) in [6.07, 6.45) is 1.64. The maximum atomic E-state index is 6.31. The summed E-state index contributed by atoms with van der Waals surface area (Å²) in [5.74, 6) is 0.547. The molecule has 3 heterocycles. The van der Waals surface area contributed by atoms with Crippen molar-refractivity contribution in [1.82, 2.24) is 29.8 Å². The molecule has 0 aliphatic carbocycles. The molecule has 1 N–H and O–H groups in total. The fourth-order valence-electron chi connectivity index (χ4n) is 2.46. The van der Waals surface area contributed by atoms with Crippen molar-refractivity contribution in [2.75, 3.05) is 0 Å². The van der Waals surface area contributed by atoms with E-state index in [0.717, 1.165) is 16.6 Å². The first-order valence-corrected chi connectivity index (χ1v) is 7.67. The Morgan fingerprint density at radius 2 is 2.04 bits per heavy atom. The summed E-state index contributed by atoms with van der Waals surface area (Å²) >= 11 is 6.31. The first kappa shape index (κ1) is 14.1. The van der Waals surface area contributed by atoms with Crippen LogP contribution >= 0.6 is 11.6 Å². The SMILES string of the molecule is CC(C)(C)c1cc(-c2nc3c4c(Cl)cccc4ncn3n2)n[nH]1. The average molecular weight is 327 g/mol. The summed E-state index contributed by atoms with van der Waals surface area (Å²) in [7, 11) is 0. The Morgan fingerprint density at radius 1 is 1.22 bits per heavy atom. The third-order valence-corrected chi connectivity index (χ3v) is 4.08. The summed E-state index contributed by atoms with van der Waals surface area (Å²) in [5, 5.41) is 13.3. The predicted molar refractivity (Wildman–Crippen MR) is 89.6 cm³/mol. The van der Waals surface area contributed by atoms with Crippen LogP contribution in [0.2, 0.25) is 5.02 Å². The monoisotopic (exact) mass is 326 g/mol. The zero-order valence-corrected chi connectivity index (χ0v) is 13.8. The average Bonchev–Trinajstić information content (AvgIpc) is 3.13. The van der Waals surface area contributed by atoms with Gasteiger partial charge in [-0.15, -0.1) is 5.10 Å². The highest BCUT2D eigenvalue weighted by Gasteiger charge is 2.19. The van der Waals surface area contributed by atoms with Crippen molar-refractivity contribution in [3.05, 3.63) is 41.3 Å². The van der Waals surface area contributed by atoms with Gasteiger partial charge in [-0.2, -0.15) is 5.10 Å². The zero-order chi connectivity index (χ0) is 16.2. The molecule has 116 valence electrons. The zero-order valence-electron chi connectivity index (χ0n) is 13.0. The number of hydrogen-bond donors (Lipinski definition) is 1. The topological polar surface area (TPSA) is 71.8 Å². The molecular weight excluding hydrogens is 312 g/mol. The highest BCUT2D eigenvalue weighted by molar-refractivity contribution is 6.36. The van der Waals surface area contributed by atoms with Gasteiger partial charge in [0.15, 0.2) is 5.65 Å². The van der Waals surface area contributed by atoms with Gasteiger partial charge in [0.1, 0.15) is 12.0 Å². The molecule has 7 heteroatoms. The van der Waals surface area contributed by atoms with Crippen LogP contribution in [0.15, 0.2) is 30.6 Å². The number of aromatic nitrogens is 6. The summed E-state index contributed by atoms with van der Waals surface area (Å²) in [4.78, 5) is 8.98. The van der Waals surface area contributed by atoms with Gasteiger partial charge >= 0.3 is 0 Å². The van der Waals surface area contributed by atoms with Crippen LogP contribution in [0.25, 0.3) is 28.1 Å². The van der Waals surface area contributed by atoms with E-state index in [4.69, 9.17) is 11.6 Å². The largest absolute Gasteiger partial charge is 0.281 e. The molecule has 0 aliphatic rings. The van der Waals surface area contributed by atoms with Crippen molar-refractivity contribution >= 4 is 28.2 Å². The quantitative estimate of drug-likeness (QED) is 0.580. The Labute approximate surface area is 137 Å². The molecule has 0 saturated carbocycles. The molecule has 4 aromatic rings. The Hall–Kier alpha value is -2.47. The molecule has 1 aromatic carbocycles. The van der Waals surface area contributed by atoms with E-state index < -0.39 is 0 Å². The minimum atomic E-state index is -0.0119. The lowest BCUT2D eigenvalue weighted by Crippen LogP contribution is -2.11. The number of nitrogens with zero attached hydrogens (tertiary/aromatic N) is 5. The van der Waals surface area contributed by atoms with Crippen molar-refractivity contribution < 1.29 is 0 Å². The molecule has 3 aromatic heterocycles. The highest BCUT2D eigenvalue weighted by Crippen LogP contribution is 2.28. The minimum Gasteiger partial charge on any atom is -0.281 e. The third kappa shape index (κ3) is 2.26. The van der Waals surface area contributed by atoms with Crippen LogP contribution in [0, 0.1) is 0 Å². The van der Waals surface area contributed by atoms with E-state index in [1.807, 2.05) is 24.3 Å². The Kier molecular flexibility index (Phi) is 2.93. The van der Waals surface area contributed by atoms with E-state index in [0.29, 0.717) is 22.2 Å². The summed E-state index contributed by atoms with van der Waals surface area (Å²) in [6.45, 7) is 6.37. The second kappa shape index (κ2) is 4.76. The lowest BCUT2D eigenvalue weighted by Gasteiger charge is -2.14. The van der Waals surface area contributed by atoms with Gasteiger partial charge in [0.25, 0.3) is 0 Å².